The van der Waals surface area contributed by atoms with Crippen molar-refractivity contribution in [2.75, 3.05) is 0 Å². The maximum Gasteiger partial charge on any atom is 0.416 e. The maximum atomic E-state index is 12.4. The van der Waals surface area contributed by atoms with Crippen molar-refractivity contribution in [2.24, 2.45) is 0 Å². The van der Waals surface area contributed by atoms with Crippen molar-refractivity contribution in [3.05, 3.63) is 51.5 Å². The van der Waals surface area contributed by atoms with E-state index in [2.05, 4.69) is 4.98 Å². The summed E-state index contributed by atoms with van der Waals surface area (Å²) in [5, 5.41) is 11.5. The van der Waals surface area contributed by atoms with Crippen molar-refractivity contribution in [3.8, 4) is 6.07 Å². The number of allylic oxidation sites excluding steroid dienone is 1. The van der Waals surface area contributed by atoms with E-state index in [1.165, 1.54) is 29.5 Å². The molecule has 0 aliphatic heterocycles. The van der Waals surface area contributed by atoms with Crippen molar-refractivity contribution >= 4 is 23.0 Å². The predicted molar refractivity (Wildman–Crippen MR) is 71.8 cm³/mol. The molecule has 0 saturated carbocycles. The molecule has 2 nitrogen and oxygen atoms in total. The topological polar surface area (TPSA) is 36.7 Å². The van der Waals surface area contributed by atoms with E-state index in [0.717, 1.165) is 17.8 Å². The largest absolute Gasteiger partial charge is 0.416 e. The van der Waals surface area contributed by atoms with Crippen LogP contribution in [0.5, 0.6) is 0 Å². The van der Waals surface area contributed by atoms with Gasteiger partial charge in [0.15, 0.2) is 0 Å². The molecule has 0 atom stereocenters. The molecular weight excluding hydrogens is 285 g/mol. The first-order chi connectivity index (χ1) is 9.40. The summed E-state index contributed by atoms with van der Waals surface area (Å²) in [6.45, 7) is 1.81. The number of alkyl halides is 3. The van der Waals surface area contributed by atoms with E-state index in [1.807, 2.05) is 18.4 Å². The first-order valence-corrected chi connectivity index (χ1v) is 6.49. The van der Waals surface area contributed by atoms with Crippen LogP contribution in [0.25, 0.3) is 11.6 Å². The molecule has 0 unspecified atom stereocenters. The second-order valence-corrected chi connectivity index (χ2v) is 4.94. The number of halogens is 3. The van der Waals surface area contributed by atoms with Crippen LogP contribution in [0.4, 0.5) is 13.2 Å². The Morgan fingerprint density at radius 1 is 1.30 bits per heavy atom. The zero-order valence-corrected chi connectivity index (χ0v) is 11.2. The average molecular weight is 294 g/mol. The average Bonchev–Trinajstić information content (AvgIpc) is 2.82. The lowest BCUT2D eigenvalue weighted by molar-refractivity contribution is -0.137. The van der Waals surface area contributed by atoms with Crippen LogP contribution in [-0.4, -0.2) is 4.98 Å². The summed E-state index contributed by atoms with van der Waals surface area (Å²) >= 11 is 1.33. The molecule has 0 amide bonds. The van der Waals surface area contributed by atoms with Gasteiger partial charge in [0.1, 0.15) is 11.1 Å². The highest BCUT2D eigenvalue weighted by Gasteiger charge is 2.29. The van der Waals surface area contributed by atoms with Gasteiger partial charge in [-0.15, -0.1) is 11.3 Å². The summed E-state index contributed by atoms with van der Waals surface area (Å²) in [7, 11) is 0. The van der Waals surface area contributed by atoms with E-state index in [4.69, 9.17) is 5.26 Å². The molecule has 1 aromatic carbocycles. The zero-order chi connectivity index (χ0) is 14.8. The molecule has 6 heteroatoms. The van der Waals surface area contributed by atoms with Gasteiger partial charge in [-0.05, 0) is 30.7 Å². The molecule has 102 valence electrons. The van der Waals surface area contributed by atoms with E-state index in [9.17, 15) is 13.2 Å². The highest BCUT2D eigenvalue weighted by Crippen LogP contribution is 2.29. The summed E-state index contributed by atoms with van der Waals surface area (Å²) in [5.74, 6) is 0. The summed E-state index contributed by atoms with van der Waals surface area (Å²) in [6, 6.07) is 6.67. The Morgan fingerprint density at radius 3 is 2.40 bits per heavy atom. The molecule has 0 radical (unpaired) electrons. The third kappa shape index (κ3) is 3.25. The summed E-state index contributed by atoms with van der Waals surface area (Å²) in [5.41, 5.74) is 0.960. The fourth-order valence-electron chi connectivity index (χ4n) is 1.55. The number of rotatable bonds is 2. The second kappa shape index (κ2) is 5.47. The van der Waals surface area contributed by atoms with Gasteiger partial charge in [0.05, 0.1) is 11.1 Å². The van der Waals surface area contributed by atoms with Crippen LogP contribution >= 0.6 is 11.3 Å². The Labute approximate surface area is 117 Å². The third-order valence-electron chi connectivity index (χ3n) is 2.52. The van der Waals surface area contributed by atoms with Gasteiger partial charge in [-0.3, -0.25) is 0 Å². The Hall–Kier alpha value is -2.13. The first-order valence-electron chi connectivity index (χ1n) is 5.61. The normalized spacial score (nSPS) is 12.2. The monoisotopic (exact) mass is 294 g/mol. The number of hydrogen-bond acceptors (Lipinski definition) is 3. The number of nitriles is 1. The van der Waals surface area contributed by atoms with E-state index in [-0.39, 0.29) is 0 Å². The van der Waals surface area contributed by atoms with Crippen LogP contribution in [0, 0.1) is 18.3 Å². The Kier molecular flexibility index (Phi) is 3.91. The molecule has 2 aromatic rings. The van der Waals surface area contributed by atoms with Crippen LogP contribution in [-0.2, 0) is 6.18 Å². The van der Waals surface area contributed by atoms with Gasteiger partial charge < -0.3 is 0 Å². The number of thiazole rings is 1. The molecule has 1 aromatic heterocycles. The quantitative estimate of drug-likeness (QED) is 0.763. The molecule has 0 bridgehead atoms. The minimum absolute atomic E-state index is 0.336. The molecule has 2 rings (SSSR count). The van der Waals surface area contributed by atoms with Gasteiger partial charge in [-0.25, -0.2) is 4.98 Å². The van der Waals surface area contributed by atoms with Crippen LogP contribution in [0.3, 0.4) is 0 Å². The number of nitrogens with zero attached hydrogens (tertiary/aromatic N) is 2. The standard InChI is InChI=1S/C14H9F3N2S/c1-9-8-20-13(19-9)11(7-18)6-10-2-4-12(5-3-10)14(15,16)17/h2-6,8H,1H3. The van der Waals surface area contributed by atoms with Crippen LogP contribution in [0.2, 0.25) is 0 Å². The Morgan fingerprint density at radius 2 is 1.95 bits per heavy atom. The minimum Gasteiger partial charge on any atom is -0.241 e. The molecule has 0 N–H and O–H groups in total. The van der Waals surface area contributed by atoms with Gasteiger partial charge in [-0.2, -0.15) is 18.4 Å². The summed E-state index contributed by atoms with van der Waals surface area (Å²) in [6.07, 6.45) is -2.83. The Balaban J connectivity index is 2.32. The summed E-state index contributed by atoms with van der Waals surface area (Å²) in [4.78, 5) is 4.18. The molecule has 1 heterocycles. The third-order valence-corrected chi connectivity index (χ3v) is 3.51. The van der Waals surface area contributed by atoms with Gasteiger partial charge >= 0.3 is 6.18 Å². The SMILES string of the molecule is Cc1csc(C(C#N)=Cc2ccc(C(F)(F)F)cc2)n1. The minimum atomic E-state index is -4.35. The molecule has 0 spiro atoms. The molecule has 20 heavy (non-hydrogen) atoms. The number of aryl methyl sites for hydroxylation is 1. The van der Waals surface area contributed by atoms with Gasteiger partial charge in [0.25, 0.3) is 0 Å². The molecule has 0 aliphatic rings. The highest BCUT2D eigenvalue weighted by atomic mass is 32.1. The lowest BCUT2D eigenvalue weighted by Crippen LogP contribution is -2.03. The van der Waals surface area contributed by atoms with E-state index in [1.54, 1.807) is 0 Å². The van der Waals surface area contributed by atoms with Crippen LogP contribution in [0.15, 0.2) is 29.6 Å². The summed E-state index contributed by atoms with van der Waals surface area (Å²) < 4.78 is 37.3. The zero-order valence-electron chi connectivity index (χ0n) is 10.4. The Bertz CT molecular complexity index is 676. The number of benzene rings is 1. The highest BCUT2D eigenvalue weighted by molar-refractivity contribution is 7.11. The maximum absolute atomic E-state index is 12.4. The van der Waals surface area contributed by atoms with Crippen LogP contribution < -0.4 is 0 Å². The van der Waals surface area contributed by atoms with Crippen molar-refractivity contribution in [3.63, 3.8) is 0 Å². The van der Waals surface area contributed by atoms with E-state index >= 15 is 0 Å². The fraction of sp³-hybridized carbons (Fsp3) is 0.143. The molecule has 0 fully saturated rings. The van der Waals surface area contributed by atoms with Gasteiger partial charge in [0.2, 0.25) is 0 Å². The van der Waals surface area contributed by atoms with Crippen molar-refractivity contribution in [1.29, 1.82) is 5.26 Å². The van der Waals surface area contributed by atoms with E-state index < -0.39 is 11.7 Å². The second-order valence-electron chi connectivity index (χ2n) is 4.08. The molecule has 0 aliphatic carbocycles. The van der Waals surface area contributed by atoms with Gasteiger partial charge in [-0.1, -0.05) is 12.1 Å². The first kappa shape index (κ1) is 14.3. The van der Waals surface area contributed by atoms with Gasteiger partial charge in [0, 0.05) is 11.1 Å². The number of aromatic nitrogens is 1. The van der Waals surface area contributed by atoms with Crippen LogP contribution in [0.1, 0.15) is 21.8 Å². The van der Waals surface area contributed by atoms with Crippen molar-refractivity contribution in [2.45, 2.75) is 13.1 Å². The van der Waals surface area contributed by atoms with Crippen molar-refractivity contribution in [1.82, 2.24) is 4.98 Å². The predicted octanol–water partition coefficient (Wildman–Crippen LogP) is 4.53. The smallest absolute Gasteiger partial charge is 0.241 e. The number of hydrogen-bond donors (Lipinski definition) is 0. The fourth-order valence-corrected chi connectivity index (χ4v) is 2.32. The molecular formula is C14H9F3N2S. The lowest BCUT2D eigenvalue weighted by Gasteiger charge is -2.06. The van der Waals surface area contributed by atoms with Crippen molar-refractivity contribution < 1.29 is 13.2 Å². The van der Waals surface area contributed by atoms with E-state index in [0.29, 0.717) is 16.1 Å². The lowest BCUT2D eigenvalue weighted by atomic mass is 10.1. The molecule has 0 saturated heterocycles.